The molecule has 170 valence electrons. The Balaban J connectivity index is 1.56. The van der Waals surface area contributed by atoms with Crippen molar-refractivity contribution < 1.29 is 0 Å². The van der Waals surface area contributed by atoms with Crippen LogP contribution in [0.25, 0.3) is 16.6 Å². The van der Waals surface area contributed by atoms with E-state index >= 15 is 0 Å². The molecular formula is C26H25N7S. The Morgan fingerprint density at radius 2 is 1.76 bits per heavy atom. The van der Waals surface area contributed by atoms with Crippen molar-refractivity contribution in [3.8, 4) is 23.3 Å². The van der Waals surface area contributed by atoms with E-state index in [1.54, 1.807) is 10.7 Å². The first-order valence-corrected chi connectivity index (χ1v) is 12.2. The molecule has 0 bridgehead atoms. The lowest BCUT2D eigenvalue weighted by Gasteiger charge is -2.29. The Labute approximate surface area is 203 Å². The van der Waals surface area contributed by atoms with Gasteiger partial charge in [0.15, 0.2) is 0 Å². The number of nitriles is 2. The van der Waals surface area contributed by atoms with Gasteiger partial charge in [-0.25, -0.2) is 4.52 Å². The number of nitrogens with zero attached hydrogens (tertiary/aromatic N) is 6. The molecule has 5 rings (SSSR count). The third-order valence-electron chi connectivity index (χ3n) is 6.73. The van der Waals surface area contributed by atoms with Gasteiger partial charge in [-0.3, -0.25) is 4.68 Å². The Bertz CT molecular complexity index is 1430. The Hall–Kier alpha value is -3.59. The first-order chi connectivity index (χ1) is 16.6. The van der Waals surface area contributed by atoms with Gasteiger partial charge in [0.1, 0.15) is 12.1 Å². The predicted octanol–water partition coefficient (Wildman–Crippen LogP) is 5.10. The van der Waals surface area contributed by atoms with Gasteiger partial charge in [-0.15, -0.1) is 0 Å². The van der Waals surface area contributed by atoms with Crippen molar-refractivity contribution in [3.05, 3.63) is 65.7 Å². The summed E-state index contributed by atoms with van der Waals surface area (Å²) in [5.41, 5.74) is 5.05. The third-order valence-corrected chi connectivity index (χ3v) is 7.84. The molecule has 1 aromatic carbocycles. The van der Waals surface area contributed by atoms with Crippen LogP contribution in [0.15, 0.2) is 58.7 Å². The van der Waals surface area contributed by atoms with Crippen LogP contribution in [-0.2, 0) is 0 Å². The molecule has 1 aliphatic rings. The molecular weight excluding hydrogens is 442 g/mol. The third kappa shape index (κ3) is 3.96. The molecule has 1 saturated carbocycles. The zero-order valence-electron chi connectivity index (χ0n) is 19.2. The molecule has 7 nitrogen and oxygen atoms in total. The number of nitrogens with one attached hydrogen (secondary N) is 1. The number of fused-ring (bicyclic) bond motifs is 1. The van der Waals surface area contributed by atoms with Gasteiger partial charge < -0.3 is 5.32 Å². The van der Waals surface area contributed by atoms with Crippen LogP contribution in [0.4, 0.5) is 0 Å². The van der Waals surface area contributed by atoms with Crippen LogP contribution in [0.1, 0.15) is 48.5 Å². The molecule has 1 N–H and O–H groups in total. The van der Waals surface area contributed by atoms with Crippen LogP contribution in [-0.4, -0.2) is 32.5 Å². The quantitative estimate of drug-likeness (QED) is 0.439. The van der Waals surface area contributed by atoms with Crippen LogP contribution >= 0.6 is 11.8 Å². The fourth-order valence-corrected chi connectivity index (χ4v) is 5.93. The van der Waals surface area contributed by atoms with Gasteiger partial charge >= 0.3 is 0 Å². The van der Waals surface area contributed by atoms with E-state index in [0.29, 0.717) is 23.2 Å². The lowest BCUT2D eigenvalue weighted by Crippen LogP contribution is -2.31. The molecule has 0 amide bonds. The van der Waals surface area contributed by atoms with Crippen molar-refractivity contribution in [3.63, 3.8) is 0 Å². The second-order valence-corrected chi connectivity index (χ2v) is 9.73. The van der Waals surface area contributed by atoms with E-state index < -0.39 is 0 Å². The molecule has 0 atom stereocenters. The topological polar surface area (TPSA) is 94.7 Å². The second kappa shape index (κ2) is 9.34. The molecule has 34 heavy (non-hydrogen) atoms. The summed E-state index contributed by atoms with van der Waals surface area (Å²) in [6.45, 7) is 2.12. The standard InChI is InChI=1S/C26H25N7S/c1-17-23(15-31-33(17)22-9-7-21(29-2)8-10-22)19-11-25(26-20(13-28)14-30-32(26)16-19)34-24-6-4-3-5-18(24)12-27/h3-6,11,14-16,21-22,29H,7-10H2,1-2H3. The summed E-state index contributed by atoms with van der Waals surface area (Å²) in [6.07, 6.45) is 10.0. The van der Waals surface area contributed by atoms with E-state index in [-0.39, 0.29) is 0 Å². The molecule has 8 heteroatoms. The van der Waals surface area contributed by atoms with Crippen LogP contribution in [0, 0.1) is 29.6 Å². The summed E-state index contributed by atoms with van der Waals surface area (Å²) in [6, 6.07) is 15.1. The van der Waals surface area contributed by atoms with Crippen LogP contribution in [0.2, 0.25) is 0 Å². The zero-order chi connectivity index (χ0) is 23.7. The maximum atomic E-state index is 9.65. The van der Waals surface area contributed by atoms with Crippen molar-refractivity contribution in [2.24, 2.45) is 0 Å². The fraction of sp³-hybridized carbons (Fsp3) is 0.308. The maximum absolute atomic E-state index is 9.65. The minimum Gasteiger partial charge on any atom is -0.317 e. The van der Waals surface area contributed by atoms with Gasteiger partial charge in [-0.1, -0.05) is 23.9 Å². The lowest BCUT2D eigenvalue weighted by molar-refractivity contribution is 0.281. The first-order valence-electron chi connectivity index (χ1n) is 11.4. The Kier molecular flexibility index (Phi) is 6.10. The molecule has 0 aliphatic heterocycles. The molecule has 4 aromatic rings. The number of rotatable bonds is 5. The number of aromatic nitrogens is 4. The van der Waals surface area contributed by atoms with E-state index in [1.165, 1.54) is 11.8 Å². The van der Waals surface area contributed by atoms with Gasteiger partial charge in [0.2, 0.25) is 0 Å². The van der Waals surface area contributed by atoms with Crippen LogP contribution in [0.5, 0.6) is 0 Å². The van der Waals surface area contributed by atoms with Crippen molar-refractivity contribution in [1.82, 2.24) is 24.7 Å². The fourth-order valence-electron chi connectivity index (χ4n) is 4.84. The molecule has 0 unspecified atom stereocenters. The highest BCUT2D eigenvalue weighted by atomic mass is 32.2. The van der Waals surface area contributed by atoms with Gasteiger partial charge in [0.25, 0.3) is 0 Å². The van der Waals surface area contributed by atoms with Crippen LogP contribution in [0.3, 0.4) is 0 Å². The highest BCUT2D eigenvalue weighted by molar-refractivity contribution is 7.99. The Morgan fingerprint density at radius 1 is 1.00 bits per heavy atom. The number of pyridine rings is 1. The maximum Gasteiger partial charge on any atom is 0.103 e. The van der Waals surface area contributed by atoms with E-state index in [4.69, 9.17) is 5.10 Å². The highest BCUT2D eigenvalue weighted by Gasteiger charge is 2.24. The molecule has 0 saturated heterocycles. The van der Waals surface area contributed by atoms with E-state index in [2.05, 4.69) is 40.2 Å². The summed E-state index contributed by atoms with van der Waals surface area (Å²) in [7, 11) is 2.04. The van der Waals surface area contributed by atoms with E-state index in [0.717, 1.165) is 57.8 Å². The summed E-state index contributed by atoms with van der Waals surface area (Å²) >= 11 is 1.49. The average molecular weight is 468 g/mol. The van der Waals surface area contributed by atoms with Crippen molar-refractivity contribution in [1.29, 1.82) is 10.5 Å². The normalized spacial score (nSPS) is 18.0. The smallest absolute Gasteiger partial charge is 0.103 e. The van der Waals surface area contributed by atoms with Gasteiger partial charge in [0.05, 0.1) is 35.1 Å². The van der Waals surface area contributed by atoms with Crippen LogP contribution < -0.4 is 5.32 Å². The molecule has 0 spiro atoms. The predicted molar refractivity (Wildman–Crippen MR) is 131 cm³/mol. The number of hydrogen-bond acceptors (Lipinski definition) is 6. The van der Waals surface area contributed by atoms with Crippen molar-refractivity contribution >= 4 is 17.3 Å². The summed E-state index contributed by atoms with van der Waals surface area (Å²) in [5, 5.41) is 31.8. The van der Waals surface area contributed by atoms with Crippen molar-refractivity contribution in [2.75, 3.05) is 7.05 Å². The molecule has 3 heterocycles. The van der Waals surface area contributed by atoms with Crippen molar-refractivity contribution in [2.45, 2.75) is 54.5 Å². The lowest BCUT2D eigenvalue weighted by atomic mass is 9.91. The highest BCUT2D eigenvalue weighted by Crippen LogP contribution is 2.38. The monoisotopic (exact) mass is 467 g/mol. The summed E-state index contributed by atoms with van der Waals surface area (Å²) < 4.78 is 3.94. The largest absolute Gasteiger partial charge is 0.317 e. The first kappa shape index (κ1) is 22.2. The minimum atomic E-state index is 0.410. The van der Waals surface area contributed by atoms with E-state index in [1.807, 2.05) is 43.7 Å². The van der Waals surface area contributed by atoms with Gasteiger partial charge in [-0.2, -0.15) is 20.7 Å². The summed E-state index contributed by atoms with van der Waals surface area (Å²) in [4.78, 5) is 1.73. The SMILES string of the molecule is CNC1CCC(n2ncc(-c3cc(Sc4ccccc4C#N)c4c(C#N)cnn4c3)c2C)CC1. The average Bonchev–Trinajstić information content (AvgIpc) is 3.47. The molecule has 1 fully saturated rings. The van der Waals surface area contributed by atoms with Gasteiger partial charge in [-0.05, 0) is 57.9 Å². The second-order valence-electron chi connectivity index (χ2n) is 8.65. The Morgan fingerprint density at radius 3 is 2.50 bits per heavy atom. The molecule has 3 aromatic heterocycles. The van der Waals surface area contributed by atoms with Gasteiger partial charge in [0, 0.05) is 38.9 Å². The number of hydrogen-bond donors (Lipinski definition) is 1. The van der Waals surface area contributed by atoms with E-state index in [9.17, 15) is 10.5 Å². The molecule has 0 radical (unpaired) electrons. The summed E-state index contributed by atoms with van der Waals surface area (Å²) in [5.74, 6) is 0. The minimum absolute atomic E-state index is 0.410. The zero-order valence-corrected chi connectivity index (χ0v) is 20.0. The number of benzene rings is 1. The molecule has 1 aliphatic carbocycles.